The van der Waals surface area contributed by atoms with Gasteiger partial charge in [0.1, 0.15) is 28.0 Å². The summed E-state index contributed by atoms with van der Waals surface area (Å²) in [6.45, 7) is 10.0. The number of rotatable bonds is 7. The van der Waals surface area contributed by atoms with Crippen molar-refractivity contribution < 1.29 is 28.4 Å². The first-order valence-electron chi connectivity index (χ1n) is 18.1. The molecule has 3 aromatic heterocycles. The predicted molar refractivity (Wildman–Crippen MR) is 187 cm³/mol. The topological polar surface area (TPSA) is 131 Å². The molecule has 3 atom stereocenters. The third-order valence-electron chi connectivity index (χ3n) is 11.7. The number of hydrogen-bond acceptors (Lipinski definition) is 11. The van der Waals surface area contributed by atoms with Crippen LogP contribution in [0.2, 0.25) is 0 Å². The number of anilines is 1. The summed E-state index contributed by atoms with van der Waals surface area (Å²) in [5, 5.41) is 19.5. The molecule has 13 heteroatoms. The van der Waals surface area contributed by atoms with Gasteiger partial charge in [0.15, 0.2) is 5.82 Å². The Morgan fingerprint density at radius 3 is 2.70 bits per heavy atom. The lowest BCUT2D eigenvalue weighted by molar-refractivity contribution is -0.0511. The van der Waals surface area contributed by atoms with E-state index in [0.29, 0.717) is 48.6 Å². The molecule has 3 aliphatic heterocycles. The Hall–Kier alpha value is -3.65. The molecule has 50 heavy (non-hydrogen) atoms. The van der Waals surface area contributed by atoms with Crippen molar-refractivity contribution in [2.75, 3.05) is 64.7 Å². The zero-order valence-electron chi connectivity index (χ0n) is 29.6. The minimum absolute atomic E-state index is 0.0274. The van der Waals surface area contributed by atoms with E-state index >= 15 is 4.39 Å². The van der Waals surface area contributed by atoms with E-state index in [2.05, 4.69) is 15.1 Å². The van der Waals surface area contributed by atoms with E-state index in [1.165, 1.54) is 7.11 Å². The van der Waals surface area contributed by atoms with Crippen molar-refractivity contribution in [3.8, 4) is 23.1 Å². The number of aryl methyl sites for hydroxylation is 1. The van der Waals surface area contributed by atoms with Crippen LogP contribution in [0.1, 0.15) is 63.0 Å². The molecule has 0 radical (unpaired) electrons. The van der Waals surface area contributed by atoms with Crippen LogP contribution in [0, 0.1) is 25.1 Å². The molecule has 8 rings (SSSR count). The lowest BCUT2D eigenvalue weighted by Gasteiger charge is -2.50. The number of fused-ring (bicyclic) bond motifs is 3. The van der Waals surface area contributed by atoms with Gasteiger partial charge in [0.25, 0.3) is 0 Å². The summed E-state index contributed by atoms with van der Waals surface area (Å²) in [7, 11) is 1.52. The Morgan fingerprint density at radius 2 is 1.88 bits per heavy atom. The average molecular weight is 690 g/mol. The number of piperidine rings is 1. The Kier molecular flexibility index (Phi) is 8.81. The summed E-state index contributed by atoms with van der Waals surface area (Å²) in [6, 6.07) is 3.06. The number of H-pyrrole nitrogens is 1. The fourth-order valence-electron chi connectivity index (χ4n) is 9.13. The summed E-state index contributed by atoms with van der Waals surface area (Å²) < 4.78 is 41.2. The van der Waals surface area contributed by atoms with Crippen LogP contribution < -0.4 is 14.4 Å². The molecule has 4 fully saturated rings. The average Bonchev–Trinajstić information content (AvgIpc) is 3.72. The number of benzene rings is 1. The number of halogens is 1. The first-order valence-corrected chi connectivity index (χ1v) is 18.1. The normalized spacial score (nSPS) is 26.8. The van der Waals surface area contributed by atoms with Gasteiger partial charge < -0.3 is 29.0 Å². The number of aromatic nitrogens is 5. The molecule has 1 aromatic carbocycles. The molecule has 0 spiro atoms. The maximum absolute atomic E-state index is 17.2. The number of methoxy groups -OCH3 is 1. The molecule has 0 bridgehead atoms. The largest absolute Gasteiger partial charge is 0.480 e. The molecule has 1 aliphatic carbocycles. The number of likely N-dealkylation sites (tertiary alicyclic amines) is 1. The van der Waals surface area contributed by atoms with Crippen LogP contribution in [0.15, 0.2) is 12.3 Å². The van der Waals surface area contributed by atoms with Crippen molar-refractivity contribution >= 4 is 27.6 Å². The fourth-order valence-corrected chi connectivity index (χ4v) is 9.13. The first-order chi connectivity index (χ1) is 24.2. The smallest absolute Gasteiger partial charge is 0.319 e. The second-order valence-electron chi connectivity index (χ2n) is 15.1. The van der Waals surface area contributed by atoms with Gasteiger partial charge in [0.05, 0.1) is 45.2 Å². The molecular formula is C37H48FN7O5. The zero-order valence-corrected chi connectivity index (χ0v) is 29.6. The number of ether oxygens (including phenoxy) is 4. The highest BCUT2D eigenvalue weighted by Crippen LogP contribution is 2.49. The second-order valence-corrected chi connectivity index (χ2v) is 15.1. The first kappa shape index (κ1) is 33.5. The number of pyridine rings is 1. The predicted octanol–water partition coefficient (Wildman–Crippen LogP) is 5.11. The minimum Gasteiger partial charge on any atom is -0.480 e. The zero-order chi connectivity index (χ0) is 34.6. The maximum atomic E-state index is 17.2. The molecule has 2 N–H and O–H groups in total. The Balaban J connectivity index is 1.24. The van der Waals surface area contributed by atoms with Gasteiger partial charge in [0, 0.05) is 48.2 Å². The Bertz CT molecular complexity index is 1900. The summed E-state index contributed by atoms with van der Waals surface area (Å²) in [4.78, 5) is 19.2. The van der Waals surface area contributed by atoms with E-state index < -0.39 is 11.4 Å². The van der Waals surface area contributed by atoms with Crippen molar-refractivity contribution in [3.63, 3.8) is 0 Å². The van der Waals surface area contributed by atoms with Gasteiger partial charge in [-0.15, -0.1) is 0 Å². The summed E-state index contributed by atoms with van der Waals surface area (Å²) in [6.07, 6.45) is 9.39. The fraction of sp³-hybridized carbons (Fsp3) is 0.622. The summed E-state index contributed by atoms with van der Waals surface area (Å²) in [5.41, 5.74) is 2.27. The summed E-state index contributed by atoms with van der Waals surface area (Å²) >= 11 is 0. The van der Waals surface area contributed by atoms with E-state index in [-0.39, 0.29) is 41.7 Å². The molecule has 6 heterocycles. The van der Waals surface area contributed by atoms with Crippen molar-refractivity contribution in [2.24, 2.45) is 5.41 Å². The van der Waals surface area contributed by atoms with Gasteiger partial charge in [-0.3, -0.25) is 10.00 Å². The third-order valence-corrected chi connectivity index (χ3v) is 11.7. The molecule has 12 nitrogen and oxygen atoms in total. The van der Waals surface area contributed by atoms with E-state index in [1.807, 2.05) is 24.8 Å². The summed E-state index contributed by atoms with van der Waals surface area (Å²) in [5.74, 6) is -0.00862. The van der Waals surface area contributed by atoms with Crippen LogP contribution >= 0.6 is 0 Å². The van der Waals surface area contributed by atoms with E-state index in [4.69, 9.17) is 33.9 Å². The Morgan fingerprint density at radius 1 is 1.06 bits per heavy atom. The van der Waals surface area contributed by atoms with Crippen molar-refractivity contribution in [2.45, 2.75) is 83.4 Å². The lowest BCUT2D eigenvalue weighted by atomic mass is 9.74. The van der Waals surface area contributed by atoms with Gasteiger partial charge >= 0.3 is 6.01 Å². The molecule has 4 aliphatic rings. The number of aliphatic hydroxyl groups is 1. The molecule has 0 unspecified atom stereocenters. The highest BCUT2D eigenvalue weighted by atomic mass is 19.1. The van der Waals surface area contributed by atoms with Crippen molar-refractivity contribution in [1.29, 1.82) is 0 Å². The van der Waals surface area contributed by atoms with E-state index in [9.17, 15) is 5.11 Å². The number of hydrogen-bond donors (Lipinski definition) is 2. The van der Waals surface area contributed by atoms with E-state index in [1.54, 1.807) is 13.1 Å². The third kappa shape index (κ3) is 5.85. The monoisotopic (exact) mass is 689 g/mol. The highest BCUT2D eigenvalue weighted by molar-refractivity contribution is 6.01. The Labute approximate surface area is 291 Å². The SMILES string of the molecule is COc1nc(-c2c(C)c(C)cc3[nH]ncc23)c(F)c2nc(OC[C@]34CCC[C@H]3N(C3CCOCC3)CCC4)nc(N3CCOC[C@@](C)(O)C3)c12. The molecule has 0 amide bonds. The van der Waals surface area contributed by atoms with Crippen LogP contribution in [0.3, 0.4) is 0 Å². The molecule has 268 valence electrons. The molecule has 1 saturated carbocycles. The number of nitrogens with zero attached hydrogens (tertiary/aromatic N) is 6. The molecule has 4 aromatic rings. The molecule has 3 saturated heterocycles. The van der Waals surface area contributed by atoms with Crippen LogP contribution in [-0.2, 0) is 9.47 Å². The number of aromatic amines is 1. The minimum atomic E-state index is -1.16. The second kappa shape index (κ2) is 13.2. The van der Waals surface area contributed by atoms with Gasteiger partial charge in [-0.25, -0.2) is 9.37 Å². The molecular weight excluding hydrogens is 641 g/mol. The highest BCUT2D eigenvalue weighted by Gasteiger charge is 2.50. The quantitative estimate of drug-likeness (QED) is 0.268. The van der Waals surface area contributed by atoms with Crippen LogP contribution in [-0.4, -0.2) is 113 Å². The number of β-amino-alcohol motifs (C(OH)–C–C–N with tert-alkyl or cyclic N) is 1. The van der Waals surface area contributed by atoms with Crippen molar-refractivity contribution in [1.82, 2.24) is 30.0 Å². The lowest BCUT2D eigenvalue weighted by Crippen LogP contribution is -2.56. The number of nitrogens with one attached hydrogen (secondary N) is 1. The van der Waals surface area contributed by atoms with Gasteiger partial charge in [-0.1, -0.05) is 6.42 Å². The van der Waals surface area contributed by atoms with Gasteiger partial charge in [-0.2, -0.15) is 15.1 Å². The van der Waals surface area contributed by atoms with Gasteiger partial charge in [-0.05, 0) is 83.0 Å². The van der Waals surface area contributed by atoms with Crippen LogP contribution in [0.25, 0.3) is 33.1 Å². The van der Waals surface area contributed by atoms with E-state index in [0.717, 1.165) is 86.7 Å². The standard InChI is InChI=1S/C37H48FN7O5/c1-22-17-26-25(18-39-43-26)28(23(22)2)31-30(38)32-29(34(40-31)47-4)33(44-13-16-49-20-36(3,46)19-44)42-35(41-32)50-21-37-10-5-7-27(37)45(12-6-11-37)24-8-14-48-15-9-24/h17-18,24,27,46H,5-16,19-21H2,1-4H3,(H,39,43)/t27-,36+,37-/m1/s1. The van der Waals surface area contributed by atoms with Crippen molar-refractivity contribution in [3.05, 3.63) is 29.2 Å². The van der Waals surface area contributed by atoms with Crippen LogP contribution in [0.4, 0.5) is 10.2 Å². The van der Waals surface area contributed by atoms with Gasteiger partial charge in [0.2, 0.25) is 5.88 Å². The van der Waals surface area contributed by atoms with Crippen LogP contribution in [0.5, 0.6) is 11.9 Å². The maximum Gasteiger partial charge on any atom is 0.319 e.